The maximum atomic E-state index is 5.52. The largest absolute Gasteiger partial charge is 0.381 e. The van der Waals surface area contributed by atoms with Gasteiger partial charge in [0.25, 0.3) is 0 Å². The van der Waals surface area contributed by atoms with Crippen LogP contribution >= 0.6 is 0 Å². The van der Waals surface area contributed by atoms with Crippen molar-refractivity contribution in [1.82, 2.24) is 0 Å². The summed E-state index contributed by atoms with van der Waals surface area (Å²) in [4.78, 5) is 0. The summed E-state index contributed by atoms with van der Waals surface area (Å²) >= 11 is 0. The summed E-state index contributed by atoms with van der Waals surface area (Å²) in [5.74, 6) is 3.73. The molecule has 3 rings (SSSR count). The fourth-order valence-electron chi connectivity index (χ4n) is 3.76. The van der Waals surface area contributed by atoms with Crippen molar-refractivity contribution in [3.63, 3.8) is 0 Å². The summed E-state index contributed by atoms with van der Waals surface area (Å²) < 4.78 is 5.52. The average molecular weight is 164 g/mol. The first-order valence-corrected chi connectivity index (χ1v) is 5.09. The third-order valence-corrected chi connectivity index (χ3v) is 4.25. The molecule has 0 aliphatic heterocycles. The van der Waals surface area contributed by atoms with E-state index in [2.05, 4.69) is 12.2 Å². The van der Waals surface area contributed by atoms with Gasteiger partial charge in [0.15, 0.2) is 0 Å². The summed E-state index contributed by atoms with van der Waals surface area (Å²) in [6.45, 7) is 0. The molecule has 66 valence electrons. The summed E-state index contributed by atoms with van der Waals surface area (Å²) in [6.07, 6.45) is 9.54. The van der Waals surface area contributed by atoms with Crippen LogP contribution in [0.4, 0.5) is 0 Å². The standard InChI is InChI=1S/C11H16O/c1-12-11-6-7-5-10(11)9-4-2-3-8(7)9/h2,4,7-11H,3,5-6H2,1H3/t7-,8-,9+,10-,11+/m0/s1. The Balaban J connectivity index is 1.87. The van der Waals surface area contributed by atoms with Crippen molar-refractivity contribution in [1.29, 1.82) is 0 Å². The molecule has 1 nitrogen and oxygen atoms in total. The molecule has 0 spiro atoms. The molecule has 12 heavy (non-hydrogen) atoms. The van der Waals surface area contributed by atoms with Crippen LogP contribution in [0, 0.1) is 23.7 Å². The van der Waals surface area contributed by atoms with Crippen LogP contribution in [0.15, 0.2) is 12.2 Å². The SMILES string of the molecule is CO[C@@H]1C[C@@H]2C[C@H]1[C@@H]1C=CC[C@@H]21. The topological polar surface area (TPSA) is 9.23 Å². The summed E-state index contributed by atoms with van der Waals surface area (Å²) in [6, 6.07) is 0. The highest BCUT2D eigenvalue weighted by Gasteiger charge is 2.52. The molecule has 0 aromatic rings. The van der Waals surface area contributed by atoms with E-state index >= 15 is 0 Å². The summed E-state index contributed by atoms with van der Waals surface area (Å²) in [5.41, 5.74) is 0. The summed E-state index contributed by atoms with van der Waals surface area (Å²) in [7, 11) is 1.87. The Morgan fingerprint density at radius 3 is 3.00 bits per heavy atom. The van der Waals surface area contributed by atoms with E-state index in [1.807, 2.05) is 7.11 Å². The van der Waals surface area contributed by atoms with Crippen LogP contribution in [0.25, 0.3) is 0 Å². The zero-order chi connectivity index (χ0) is 8.13. The van der Waals surface area contributed by atoms with E-state index in [1.54, 1.807) is 0 Å². The molecule has 0 amide bonds. The zero-order valence-electron chi connectivity index (χ0n) is 7.57. The van der Waals surface area contributed by atoms with Gasteiger partial charge in [-0.1, -0.05) is 12.2 Å². The van der Waals surface area contributed by atoms with Crippen LogP contribution in [0.3, 0.4) is 0 Å². The lowest BCUT2D eigenvalue weighted by Gasteiger charge is -2.30. The monoisotopic (exact) mass is 164 g/mol. The predicted molar refractivity (Wildman–Crippen MR) is 47.7 cm³/mol. The molecule has 0 aromatic carbocycles. The minimum absolute atomic E-state index is 0.582. The molecule has 0 radical (unpaired) electrons. The second-order valence-corrected chi connectivity index (χ2v) is 4.57. The molecule has 0 unspecified atom stereocenters. The van der Waals surface area contributed by atoms with E-state index in [9.17, 15) is 0 Å². The van der Waals surface area contributed by atoms with Crippen molar-refractivity contribution < 1.29 is 4.74 Å². The molecule has 2 bridgehead atoms. The van der Waals surface area contributed by atoms with Crippen molar-refractivity contribution in [2.24, 2.45) is 23.7 Å². The van der Waals surface area contributed by atoms with E-state index in [1.165, 1.54) is 19.3 Å². The Hall–Kier alpha value is -0.300. The van der Waals surface area contributed by atoms with Crippen molar-refractivity contribution >= 4 is 0 Å². The van der Waals surface area contributed by atoms with Gasteiger partial charge in [-0.25, -0.2) is 0 Å². The first-order valence-electron chi connectivity index (χ1n) is 5.09. The van der Waals surface area contributed by atoms with E-state index in [4.69, 9.17) is 4.74 Å². The van der Waals surface area contributed by atoms with E-state index in [-0.39, 0.29) is 0 Å². The molecular weight excluding hydrogens is 148 g/mol. The predicted octanol–water partition coefficient (Wildman–Crippen LogP) is 2.23. The van der Waals surface area contributed by atoms with Gasteiger partial charge in [-0.2, -0.15) is 0 Å². The number of fused-ring (bicyclic) bond motifs is 5. The van der Waals surface area contributed by atoms with E-state index in [0.29, 0.717) is 6.10 Å². The molecule has 5 atom stereocenters. The van der Waals surface area contributed by atoms with E-state index in [0.717, 1.165) is 23.7 Å². The number of methoxy groups -OCH3 is 1. The van der Waals surface area contributed by atoms with Gasteiger partial charge in [0, 0.05) is 7.11 Å². The minimum Gasteiger partial charge on any atom is -0.381 e. The molecule has 1 heteroatoms. The number of ether oxygens (including phenoxy) is 1. The van der Waals surface area contributed by atoms with Gasteiger partial charge in [-0.15, -0.1) is 0 Å². The highest BCUT2D eigenvalue weighted by Crippen LogP contribution is 2.56. The molecule has 2 saturated carbocycles. The Bertz CT molecular complexity index is 221. The molecule has 0 saturated heterocycles. The van der Waals surface area contributed by atoms with Gasteiger partial charge in [0.2, 0.25) is 0 Å². The first kappa shape index (κ1) is 7.14. The van der Waals surface area contributed by atoms with Gasteiger partial charge in [0.1, 0.15) is 0 Å². The van der Waals surface area contributed by atoms with Gasteiger partial charge in [0.05, 0.1) is 6.10 Å². The smallest absolute Gasteiger partial charge is 0.0608 e. The minimum atomic E-state index is 0.582. The van der Waals surface area contributed by atoms with Crippen LogP contribution in [-0.4, -0.2) is 13.2 Å². The zero-order valence-corrected chi connectivity index (χ0v) is 7.57. The third-order valence-electron chi connectivity index (χ3n) is 4.25. The Morgan fingerprint density at radius 1 is 1.25 bits per heavy atom. The second-order valence-electron chi connectivity index (χ2n) is 4.57. The third kappa shape index (κ3) is 0.731. The first-order chi connectivity index (χ1) is 5.90. The lowest BCUT2D eigenvalue weighted by atomic mass is 9.80. The van der Waals surface area contributed by atoms with Gasteiger partial charge >= 0.3 is 0 Å². The van der Waals surface area contributed by atoms with Crippen molar-refractivity contribution in [2.45, 2.75) is 25.4 Å². The normalized spacial score (nSPS) is 54.9. The Kier molecular flexibility index (Phi) is 1.40. The fourth-order valence-corrected chi connectivity index (χ4v) is 3.76. The summed E-state index contributed by atoms with van der Waals surface area (Å²) in [5, 5.41) is 0. The maximum absolute atomic E-state index is 5.52. The highest BCUT2D eigenvalue weighted by atomic mass is 16.5. The van der Waals surface area contributed by atoms with Crippen molar-refractivity contribution in [2.75, 3.05) is 7.11 Å². The van der Waals surface area contributed by atoms with Gasteiger partial charge < -0.3 is 4.74 Å². The molecule has 2 fully saturated rings. The molecule has 0 N–H and O–H groups in total. The van der Waals surface area contributed by atoms with E-state index < -0.39 is 0 Å². The molecule has 0 aromatic heterocycles. The van der Waals surface area contributed by atoms with Gasteiger partial charge in [-0.05, 0) is 42.9 Å². The highest BCUT2D eigenvalue weighted by molar-refractivity contribution is 5.14. The van der Waals surface area contributed by atoms with Gasteiger partial charge in [-0.3, -0.25) is 0 Å². The quantitative estimate of drug-likeness (QED) is 0.540. The van der Waals surface area contributed by atoms with Crippen LogP contribution < -0.4 is 0 Å². The molecule has 0 heterocycles. The Labute approximate surface area is 73.8 Å². The van der Waals surface area contributed by atoms with Crippen LogP contribution in [0.2, 0.25) is 0 Å². The number of allylic oxidation sites excluding steroid dienone is 2. The van der Waals surface area contributed by atoms with Crippen LogP contribution in [0.1, 0.15) is 19.3 Å². The second kappa shape index (κ2) is 2.35. The average Bonchev–Trinajstić information content (AvgIpc) is 2.75. The Morgan fingerprint density at radius 2 is 2.17 bits per heavy atom. The lowest BCUT2D eigenvalue weighted by molar-refractivity contribution is 0.0300. The number of hydrogen-bond donors (Lipinski definition) is 0. The van der Waals surface area contributed by atoms with Crippen LogP contribution in [0.5, 0.6) is 0 Å². The number of rotatable bonds is 1. The lowest BCUT2D eigenvalue weighted by Crippen LogP contribution is -2.29. The van der Waals surface area contributed by atoms with Crippen molar-refractivity contribution in [3.8, 4) is 0 Å². The molecule has 3 aliphatic rings. The van der Waals surface area contributed by atoms with Crippen molar-refractivity contribution in [3.05, 3.63) is 12.2 Å². The number of hydrogen-bond acceptors (Lipinski definition) is 1. The molecular formula is C11H16O. The fraction of sp³-hybridized carbons (Fsp3) is 0.818. The molecule has 3 aliphatic carbocycles. The van der Waals surface area contributed by atoms with Crippen LogP contribution in [-0.2, 0) is 4.74 Å². The maximum Gasteiger partial charge on any atom is 0.0608 e.